The average Bonchev–Trinajstić information content (AvgIpc) is 3.29. The normalized spacial score (nSPS) is 18.4. The molecule has 0 unspecified atom stereocenters. The van der Waals surface area contributed by atoms with Crippen LogP contribution in [0, 0.1) is 12.8 Å². The van der Waals surface area contributed by atoms with Gasteiger partial charge in [-0.2, -0.15) is 4.31 Å². The van der Waals surface area contributed by atoms with E-state index in [1.54, 1.807) is 13.0 Å². The minimum atomic E-state index is -3.53. The molecule has 0 saturated carbocycles. The Morgan fingerprint density at radius 1 is 1.19 bits per heavy atom. The zero-order chi connectivity index (χ0) is 19.0. The van der Waals surface area contributed by atoms with Crippen LogP contribution in [0.25, 0.3) is 0 Å². The largest absolute Gasteiger partial charge is 0.408 e. The number of aromatic nitrogens is 2. The van der Waals surface area contributed by atoms with E-state index in [4.69, 9.17) is 4.42 Å². The average molecular weight is 390 g/mol. The molecule has 1 aromatic carbocycles. The van der Waals surface area contributed by atoms with E-state index < -0.39 is 10.0 Å². The number of hydrogen-bond acceptors (Lipinski definition) is 6. The first kappa shape index (κ1) is 18.1. The lowest BCUT2D eigenvalue weighted by Crippen LogP contribution is -2.41. The second-order valence-corrected chi connectivity index (χ2v) is 9.02. The Hall–Kier alpha value is -2.26. The van der Waals surface area contributed by atoms with Gasteiger partial charge in [0, 0.05) is 25.9 Å². The van der Waals surface area contributed by atoms with E-state index in [1.165, 1.54) is 9.87 Å². The lowest BCUT2D eigenvalue weighted by Gasteiger charge is -2.30. The molecule has 1 N–H and O–H groups in total. The van der Waals surface area contributed by atoms with E-state index in [9.17, 15) is 13.2 Å². The van der Waals surface area contributed by atoms with E-state index in [0.29, 0.717) is 36.7 Å². The molecule has 0 radical (unpaired) electrons. The molecule has 0 spiro atoms. The van der Waals surface area contributed by atoms with Gasteiger partial charge in [0.25, 0.3) is 0 Å². The molecule has 1 saturated heterocycles. The fourth-order valence-electron chi connectivity index (χ4n) is 3.77. The summed E-state index contributed by atoms with van der Waals surface area (Å²) in [4.78, 5) is 12.7. The second-order valence-electron chi connectivity index (χ2n) is 7.08. The fraction of sp³-hybridized carbons (Fsp3) is 0.500. The van der Waals surface area contributed by atoms with Gasteiger partial charge in [0.2, 0.25) is 21.8 Å². The number of benzene rings is 1. The summed E-state index contributed by atoms with van der Waals surface area (Å²) in [7, 11) is -3.53. The lowest BCUT2D eigenvalue weighted by molar-refractivity contribution is -0.121. The topological polar surface area (TPSA) is 105 Å². The van der Waals surface area contributed by atoms with Crippen molar-refractivity contribution in [1.82, 2.24) is 14.5 Å². The summed E-state index contributed by atoms with van der Waals surface area (Å²) in [6.07, 6.45) is 3.97. The third-order valence-electron chi connectivity index (χ3n) is 5.29. The molecule has 1 aliphatic heterocycles. The van der Waals surface area contributed by atoms with E-state index in [1.807, 2.05) is 12.1 Å². The zero-order valence-corrected chi connectivity index (χ0v) is 16.0. The van der Waals surface area contributed by atoms with Crippen LogP contribution in [0.1, 0.15) is 36.3 Å². The predicted octanol–water partition coefficient (Wildman–Crippen LogP) is 1.91. The Morgan fingerprint density at radius 2 is 1.93 bits per heavy atom. The van der Waals surface area contributed by atoms with Gasteiger partial charge in [-0.05, 0) is 55.4 Å². The number of piperidine rings is 1. The molecule has 4 rings (SSSR count). The van der Waals surface area contributed by atoms with Crippen molar-refractivity contribution in [3.05, 3.63) is 35.2 Å². The van der Waals surface area contributed by atoms with Crippen molar-refractivity contribution in [2.24, 2.45) is 5.92 Å². The van der Waals surface area contributed by atoms with Crippen molar-refractivity contribution in [1.29, 1.82) is 0 Å². The SMILES string of the molecule is Cc1nnc(NC(=O)C2CCN(S(=O)(=O)c3ccc4c(c3)CCC4)CC2)o1. The number of hydrogen-bond donors (Lipinski definition) is 1. The zero-order valence-electron chi connectivity index (χ0n) is 15.1. The predicted molar refractivity (Wildman–Crippen MR) is 97.6 cm³/mol. The van der Waals surface area contributed by atoms with E-state index >= 15 is 0 Å². The molecule has 1 aliphatic carbocycles. The molecule has 2 heterocycles. The highest BCUT2D eigenvalue weighted by Crippen LogP contribution is 2.28. The first-order valence-corrected chi connectivity index (χ1v) is 10.6. The van der Waals surface area contributed by atoms with E-state index in [-0.39, 0.29) is 17.8 Å². The van der Waals surface area contributed by atoms with Gasteiger partial charge in [-0.15, -0.1) is 5.10 Å². The molecule has 9 heteroatoms. The van der Waals surface area contributed by atoms with Crippen molar-refractivity contribution in [3.8, 4) is 0 Å². The third-order valence-corrected chi connectivity index (χ3v) is 7.18. The van der Waals surface area contributed by atoms with Crippen LogP contribution < -0.4 is 5.32 Å². The molecular weight excluding hydrogens is 368 g/mol. The van der Waals surface area contributed by atoms with E-state index in [2.05, 4.69) is 15.5 Å². The van der Waals surface area contributed by atoms with Crippen LogP contribution in [0.5, 0.6) is 0 Å². The highest BCUT2D eigenvalue weighted by atomic mass is 32.2. The first-order chi connectivity index (χ1) is 12.9. The number of amides is 1. The Balaban J connectivity index is 1.40. The number of carbonyl (C=O) groups is 1. The summed E-state index contributed by atoms with van der Waals surface area (Å²) >= 11 is 0. The summed E-state index contributed by atoms with van der Waals surface area (Å²) < 4.78 is 32.5. The van der Waals surface area contributed by atoms with Gasteiger partial charge in [0.15, 0.2) is 0 Å². The van der Waals surface area contributed by atoms with Crippen LogP contribution in [0.2, 0.25) is 0 Å². The Morgan fingerprint density at radius 3 is 2.63 bits per heavy atom. The van der Waals surface area contributed by atoms with Crippen LogP contribution >= 0.6 is 0 Å². The maximum atomic E-state index is 12.9. The van der Waals surface area contributed by atoms with E-state index in [0.717, 1.165) is 24.8 Å². The van der Waals surface area contributed by atoms with Crippen molar-refractivity contribution < 1.29 is 17.6 Å². The molecule has 1 fully saturated rings. The second kappa shape index (κ2) is 7.05. The summed E-state index contributed by atoms with van der Waals surface area (Å²) in [5.41, 5.74) is 2.39. The molecule has 2 aromatic rings. The maximum Gasteiger partial charge on any atom is 0.322 e. The van der Waals surface area contributed by atoms with Crippen LogP contribution in [-0.4, -0.2) is 41.9 Å². The van der Waals surface area contributed by atoms with Crippen LogP contribution in [-0.2, 0) is 27.7 Å². The number of nitrogens with zero attached hydrogens (tertiary/aromatic N) is 3. The van der Waals surface area contributed by atoms with Crippen LogP contribution in [0.3, 0.4) is 0 Å². The van der Waals surface area contributed by atoms with Gasteiger partial charge in [0.1, 0.15) is 0 Å². The number of aryl methyl sites for hydroxylation is 3. The molecule has 144 valence electrons. The number of fused-ring (bicyclic) bond motifs is 1. The van der Waals surface area contributed by atoms with Gasteiger partial charge in [0.05, 0.1) is 4.90 Å². The highest BCUT2D eigenvalue weighted by molar-refractivity contribution is 7.89. The Bertz CT molecular complexity index is 961. The summed E-state index contributed by atoms with van der Waals surface area (Å²) in [6, 6.07) is 5.53. The number of nitrogens with one attached hydrogen (secondary N) is 1. The van der Waals surface area contributed by atoms with Gasteiger partial charge < -0.3 is 4.42 Å². The van der Waals surface area contributed by atoms with Crippen molar-refractivity contribution in [2.45, 2.75) is 43.9 Å². The minimum Gasteiger partial charge on any atom is -0.408 e. The Labute approximate surface area is 158 Å². The number of rotatable bonds is 4. The fourth-order valence-corrected chi connectivity index (χ4v) is 5.29. The Kier molecular flexibility index (Phi) is 4.73. The van der Waals surface area contributed by atoms with Crippen molar-refractivity contribution >= 4 is 21.9 Å². The van der Waals surface area contributed by atoms with Gasteiger partial charge in [-0.1, -0.05) is 11.2 Å². The van der Waals surface area contributed by atoms with Gasteiger partial charge >= 0.3 is 6.01 Å². The highest BCUT2D eigenvalue weighted by Gasteiger charge is 2.33. The number of carbonyl (C=O) groups excluding carboxylic acids is 1. The molecule has 1 amide bonds. The van der Waals surface area contributed by atoms with Gasteiger partial charge in [-0.25, -0.2) is 8.42 Å². The molecule has 1 aromatic heterocycles. The van der Waals surface area contributed by atoms with Crippen LogP contribution in [0.15, 0.2) is 27.5 Å². The molecule has 27 heavy (non-hydrogen) atoms. The number of anilines is 1. The van der Waals surface area contributed by atoms with Crippen molar-refractivity contribution in [2.75, 3.05) is 18.4 Å². The monoisotopic (exact) mass is 390 g/mol. The lowest BCUT2D eigenvalue weighted by atomic mass is 9.97. The summed E-state index contributed by atoms with van der Waals surface area (Å²) in [6.45, 7) is 2.28. The molecule has 2 aliphatic rings. The minimum absolute atomic E-state index is 0.0747. The number of sulfonamides is 1. The first-order valence-electron chi connectivity index (χ1n) is 9.16. The van der Waals surface area contributed by atoms with Crippen LogP contribution in [0.4, 0.5) is 6.01 Å². The van der Waals surface area contributed by atoms with Gasteiger partial charge in [-0.3, -0.25) is 10.1 Å². The standard InChI is InChI=1S/C18H22N4O4S/c1-12-20-21-18(26-12)19-17(23)14-7-9-22(10-8-14)27(24,25)16-6-5-13-3-2-4-15(13)11-16/h5-6,11,14H,2-4,7-10H2,1H3,(H,19,21,23). The maximum absolute atomic E-state index is 12.9. The quantitative estimate of drug-likeness (QED) is 0.855. The summed E-state index contributed by atoms with van der Waals surface area (Å²) in [5.74, 6) is -0.113. The molecular formula is C18H22N4O4S. The molecule has 0 bridgehead atoms. The third kappa shape index (κ3) is 3.61. The summed E-state index contributed by atoms with van der Waals surface area (Å²) in [5, 5.41) is 10.0. The smallest absolute Gasteiger partial charge is 0.322 e. The molecule has 0 atom stereocenters. The van der Waals surface area contributed by atoms with Crippen molar-refractivity contribution in [3.63, 3.8) is 0 Å². The molecule has 8 nitrogen and oxygen atoms in total.